The highest BCUT2D eigenvalue weighted by Gasteiger charge is 2.35. The van der Waals surface area contributed by atoms with Gasteiger partial charge in [0.05, 0.1) is 7.11 Å². The van der Waals surface area contributed by atoms with Gasteiger partial charge < -0.3 is 10.1 Å². The molecule has 0 saturated carbocycles. The quantitative estimate of drug-likeness (QED) is 0.804. The van der Waals surface area contributed by atoms with Gasteiger partial charge in [-0.25, -0.2) is 0 Å². The van der Waals surface area contributed by atoms with Crippen molar-refractivity contribution in [3.8, 4) is 5.75 Å². The number of piperazine rings is 1. The lowest BCUT2D eigenvalue weighted by Crippen LogP contribution is -2.54. The van der Waals surface area contributed by atoms with Gasteiger partial charge >= 0.3 is 0 Å². The number of nitrogens with one attached hydrogen (secondary N) is 1. The fourth-order valence-electron chi connectivity index (χ4n) is 5.14. The van der Waals surface area contributed by atoms with E-state index in [-0.39, 0.29) is 0 Å². The third kappa shape index (κ3) is 5.00. The minimum atomic E-state index is 0.538. The molecule has 2 saturated heterocycles. The number of methoxy groups -OCH3 is 1. The van der Waals surface area contributed by atoms with E-state index in [4.69, 9.17) is 4.74 Å². The Morgan fingerprint density at radius 2 is 1.72 bits per heavy atom. The van der Waals surface area contributed by atoms with Crippen molar-refractivity contribution in [2.24, 2.45) is 5.92 Å². The number of hydrogen-bond acceptors (Lipinski definition) is 4. The first-order valence-electron chi connectivity index (χ1n) is 11.1. The zero-order valence-corrected chi connectivity index (χ0v) is 17.9. The average Bonchev–Trinajstić information content (AvgIpc) is 2.77. The molecule has 2 aliphatic rings. The van der Waals surface area contributed by atoms with Crippen molar-refractivity contribution < 1.29 is 4.74 Å². The summed E-state index contributed by atoms with van der Waals surface area (Å²) in [6.07, 6.45) is 2.55. The number of hydrogen-bond donors (Lipinski definition) is 1. The van der Waals surface area contributed by atoms with E-state index in [2.05, 4.69) is 76.6 Å². The molecule has 0 unspecified atom stereocenters. The van der Waals surface area contributed by atoms with Crippen molar-refractivity contribution in [3.05, 3.63) is 65.7 Å². The van der Waals surface area contributed by atoms with Crippen LogP contribution in [0.1, 0.15) is 36.9 Å². The summed E-state index contributed by atoms with van der Waals surface area (Å²) in [6, 6.07) is 20.8. The second-order valence-electron chi connectivity index (χ2n) is 8.61. The van der Waals surface area contributed by atoms with Gasteiger partial charge in [-0.3, -0.25) is 9.80 Å². The molecule has 4 heteroatoms. The number of rotatable bonds is 6. The Kier molecular flexibility index (Phi) is 6.86. The SMILES string of the molecule is COc1ccc(CN2CCN([C@H](c3ccccc3)C3CCNCC3)[C@@H](C)C2)cc1. The third-order valence-electron chi connectivity index (χ3n) is 6.66. The Morgan fingerprint density at radius 3 is 2.38 bits per heavy atom. The van der Waals surface area contributed by atoms with E-state index in [1.165, 1.54) is 24.0 Å². The lowest BCUT2D eigenvalue weighted by Gasteiger charge is -2.47. The normalized spacial score (nSPS) is 23.0. The first-order chi connectivity index (χ1) is 14.2. The predicted octanol–water partition coefficient (Wildman–Crippen LogP) is 3.94. The smallest absolute Gasteiger partial charge is 0.118 e. The van der Waals surface area contributed by atoms with Crippen LogP contribution >= 0.6 is 0 Å². The van der Waals surface area contributed by atoms with Crippen LogP contribution in [0, 0.1) is 5.92 Å². The van der Waals surface area contributed by atoms with Crippen LogP contribution in [0.25, 0.3) is 0 Å². The highest BCUT2D eigenvalue weighted by atomic mass is 16.5. The van der Waals surface area contributed by atoms with Gasteiger partial charge in [-0.15, -0.1) is 0 Å². The molecule has 1 N–H and O–H groups in total. The maximum Gasteiger partial charge on any atom is 0.118 e. The fourth-order valence-corrected chi connectivity index (χ4v) is 5.14. The second kappa shape index (κ2) is 9.75. The van der Waals surface area contributed by atoms with Crippen LogP contribution in [0.2, 0.25) is 0 Å². The molecule has 156 valence electrons. The van der Waals surface area contributed by atoms with Crippen LogP contribution in [0.5, 0.6) is 5.75 Å². The molecule has 4 nitrogen and oxygen atoms in total. The molecule has 2 aliphatic heterocycles. The van der Waals surface area contributed by atoms with Crippen LogP contribution < -0.4 is 10.1 Å². The Hall–Kier alpha value is -1.88. The largest absolute Gasteiger partial charge is 0.497 e. The van der Waals surface area contributed by atoms with Gasteiger partial charge in [0.1, 0.15) is 5.75 Å². The highest BCUT2D eigenvalue weighted by molar-refractivity contribution is 5.27. The number of ether oxygens (including phenoxy) is 1. The molecule has 29 heavy (non-hydrogen) atoms. The fraction of sp³-hybridized carbons (Fsp3) is 0.520. The zero-order valence-electron chi connectivity index (χ0n) is 17.9. The molecule has 2 fully saturated rings. The Labute approximate surface area is 175 Å². The van der Waals surface area contributed by atoms with E-state index in [9.17, 15) is 0 Å². The molecule has 2 atom stereocenters. The molecule has 0 radical (unpaired) electrons. The van der Waals surface area contributed by atoms with Crippen molar-refractivity contribution in [1.82, 2.24) is 15.1 Å². The summed E-state index contributed by atoms with van der Waals surface area (Å²) in [4.78, 5) is 5.39. The van der Waals surface area contributed by atoms with Crippen LogP contribution in [0.3, 0.4) is 0 Å². The van der Waals surface area contributed by atoms with Gasteiger partial charge in [-0.05, 0) is 62.0 Å². The van der Waals surface area contributed by atoms with Crippen molar-refractivity contribution in [1.29, 1.82) is 0 Å². The number of benzene rings is 2. The van der Waals surface area contributed by atoms with Gasteiger partial charge in [0, 0.05) is 38.3 Å². The molecule has 0 bridgehead atoms. The van der Waals surface area contributed by atoms with Gasteiger partial charge in [-0.1, -0.05) is 42.5 Å². The van der Waals surface area contributed by atoms with Crippen LogP contribution in [0.15, 0.2) is 54.6 Å². The molecule has 0 aromatic heterocycles. The van der Waals surface area contributed by atoms with Crippen molar-refractivity contribution in [3.63, 3.8) is 0 Å². The monoisotopic (exact) mass is 393 g/mol. The van der Waals surface area contributed by atoms with Crippen molar-refractivity contribution >= 4 is 0 Å². The lowest BCUT2D eigenvalue weighted by molar-refractivity contribution is 0.0161. The van der Waals surface area contributed by atoms with E-state index in [0.29, 0.717) is 12.1 Å². The molecular weight excluding hydrogens is 358 g/mol. The Balaban J connectivity index is 1.44. The van der Waals surface area contributed by atoms with Gasteiger partial charge in [0.2, 0.25) is 0 Å². The first-order valence-corrected chi connectivity index (χ1v) is 11.1. The van der Waals surface area contributed by atoms with E-state index in [0.717, 1.165) is 50.9 Å². The van der Waals surface area contributed by atoms with E-state index < -0.39 is 0 Å². The zero-order chi connectivity index (χ0) is 20.1. The van der Waals surface area contributed by atoms with Crippen molar-refractivity contribution in [2.75, 3.05) is 39.8 Å². The highest BCUT2D eigenvalue weighted by Crippen LogP contribution is 2.36. The molecule has 4 rings (SSSR count). The maximum absolute atomic E-state index is 5.29. The maximum atomic E-state index is 5.29. The van der Waals surface area contributed by atoms with Gasteiger partial charge in [0.25, 0.3) is 0 Å². The van der Waals surface area contributed by atoms with Gasteiger partial charge in [-0.2, -0.15) is 0 Å². The van der Waals surface area contributed by atoms with Crippen molar-refractivity contribution in [2.45, 2.75) is 38.4 Å². The standard InChI is InChI=1S/C25H35N3O/c1-20-18-27(19-21-8-10-24(29-2)11-9-21)16-17-28(20)25(22-6-4-3-5-7-22)23-12-14-26-15-13-23/h3-11,20,23,25-26H,12-19H2,1-2H3/t20-,25+/m0/s1. The second-order valence-corrected chi connectivity index (χ2v) is 8.61. The Morgan fingerprint density at radius 1 is 1.00 bits per heavy atom. The van der Waals surface area contributed by atoms with Crippen LogP contribution in [-0.4, -0.2) is 55.7 Å². The van der Waals surface area contributed by atoms with Crippen LogP contribution in [-0.2, 0) is 6.54 Å². The summed E-state index contributed by atoms with van der Waals surface area (Å²) in [5.74, 6) is 1.67. The number of piperidine rings is 1. The summed E-state index contributed by atoms with van der Waals surface area (Å²) in [6.45, 7) is 9.13. The molecule has 2 heterocycles. The minimum absolute atomic E-state index is 0.538. The number of nitrogens with zero attached hydrogens (tertiary/aromatic N) is 2. The molecule has 0 spiro atoms. The van der Waals surface area contributed by atoms with E-state index >= 15 is 0 Å². The molecular formula is C25H35N3O. The first kappa shape index (κ1) is 20.4. The summed E-state index contributed by atoms with van der Waals surface area (Å²) < 4.78 is 5.29. The molecule has 2 aromatic rings. The third-order valence-corrected chi connectivity index (χ3v) is 6.66. The van der Waals surface area contributed by atoms with E-state index in [1.54, 1.807) is 7.11 Å². The summed E-state index contributed by atoms with van der Waals surface area (Å²) in [5.41, 5.74) is 2.86. The summed E-state index contributed by atoms with van der Waals surface area (Å²) >= 11 is 0. The Bertz CT molecular complexity index is 742. The summed E-state index contributed by atoms with van der Waals surface area (Å²) in [5, 5.41) is 3.54. The van der Waals surface area contributed by atoms with E-state index in [1.807, 2.05) is 0 Å². The topological polar surface area (TPSA) is 27.7 Å². The predicted molar refractivity (Wildman–Crippen MR) is 119 cm³/mol. The van der Waals surface area contributed by atoms with Crippen LogP contribution in [0.4, 0.5) is 0 Å². The van der Waals surface area contributed by atoms with Gasteiger partial charge in [0.15, 0.2) is 0 Å². The molecule has 0 aliphatic carbocycles. The average molecular weight is 394 g/mol. The lowest BCUT2D eigenvalue weighted by atomic mass is 9.84. The minimum Gasteiger partial charge on any atom is -0.497 e. The summed E-state index contributed by atoms with van der Waals surface area (Å²) in [7, 11) is 1.72. The molecule has 0 amide bonds. The molecule has 2 aromatic carbocycles.